The van der Waals surface area contributed by atoms with Crippen molar-refractivity contribution in [1.82, 2.24) is 4.90 Å². The van der Waals surface area contributed by atoms with Crippen molar-refractivity contribution in [3.63, 3.8) is 0 Å². The number of aryl methyl sites for hydroxylation is 2. The summed E-state index contributed by atoms with van der Waals surface area (Å²) in [6.07, 6.45) is 33.5. The van der Waals surface area contributed by atoms with Gasteiger partial charge >= 0.3 is 5.97 Å². The van der Waals surface area contributed by atoms with E-state index in [1.54, 1.807) is 0 Å². The van der Waals surface area contributed by atoms with E-state index in [0.29, 0.717) is 25.2 Å². The van der Waals surface area contributed by atoms with Crippen molar-refractivity contribution < 1.29 is 14.3 Å². The highest BCUT2D eigenvalue weighted by Gasteiger charge is 2.28. The molecule has 1 aliphatic rings. The van der Waals surface area contributed by atoms with Crippen LogP contribution in [0.5, 0.6) is 0 Å². The molecule has 1 aromatic rings. The van der Waals surface area contributed by atoms with E-state index < -0.39 is 0 Å². The number of hydrogen-bond acceptors (Lipinski definition) is 4. The van der Waals surface area contributed by atoms with E-state index in [1.165, 1.54) is 16.7 Å². The Morgan fingerprint density at radius 1 is 0.833 bits per heavy atom. The van der Waals surface area contributed by atoms with Crippen LogP contribution in [0.4, 0.5) is 0 Å². The largest absolute Gasteiger partial charge is 0.466 e. The van der Waals surface area contributed by atoms with Crippen LogP contribution in [-0.4, -0.2) is 42.4 Å². The summed E-state index contributed by atoms with van der Waals surface area (Å²) in [7, 11) is 0. The smallest absolute Gasteiger partial charge is 0.305 e. The Kier molecular flexibility index (Phi) is 18.9. The maximum Gasteiger partial charge on any atom is 0.305 e. The van der Waals surface area contributed by atoms with E-state index in [9.17, 15) is 9.59 Å². The highest BCUT2D eigenvalue weighted by Crippen LogP contribution is 2.22. The van der Waals surface area contributed by atoms with Crippen molar-refractivity contribution in [3.05, 3.63) is 95.6 Å². The monoisotopic (exact) mass is 573 g/mol. The molecule has 1 fully saturated rings. The molecule has 0 spiro atoms. The Labute approximate surface area is 256 Å². The van der Waals surface area contributed by atoms with Gasteiger partial charge in [0, 0.05) is 19.4 Å². The lowest BCUT2D eigenvalue weighted by Crippen LogP contribution is -2.46. The lowest BCUT2D eigenvalue weighted by Gasteiger charge is -2.35. The number of likely N-dealkylation sites (tertiary alicyclic amines) is 1. The van der Waals surface area contributed by atoms with Crippen LogP contribution >= 0.6 is 0 Å². The molecular formula is C38H55NO3. The number of esters is 1. The van der Waals surface area contributed by atoms with Crippen molar-refractivity contribution in [3.8, 4) is 0 Å². The Morgan fingerprint density at radius 3 is 2.05 bits per heavy atom. The first-order chi connectivity index (χ1) is 20.5. The summed E-state index contributed by atoms with van der Waals surface area (Å²) in [5, 5.41) is 0. The molecule has 1 saturated heterocycles. The van der Waals surface area contributed by atoms with E-state index in [1.807, 2.05) is 0 Å². The lowest BCUT2D eigenvalue weighted by molar-refractivity contribution is -0.144. The molecule has 0 aliphatic carbocycles. The number of hydrogen-bond donors (Lipinski definition) is 0. The number of nitrogens with zero attached hydrogens (tertiary/aromatic N) is 1. The van der Waals surface area contributed by atoms with Crippen molar-refractivity contribution in [2.75, 3.05) is 19.7 Å². The fraction of sp³-hybridized carbons (Fsp3) is 0.526. The molecule has 1 aromatic carbocycles. The summed E-state index contributed by atoms with van der Waals surface area (Å²) in [6.45, 7) is 8.51. The number of carbonyl (C=O) groups is 2. The first-order valence-electron chi connectivity index (χ1n) is 16.2. The molecule has 0 bridgehead atoms. The number of Topliss-reactive ketones (excluding diaryl/α,β-unsaturated/α-hetero) is 1. The van der Waals surface area contributed by atoms with Crippen LogP contribution in [0.3, 0.4) is 0 Å². The number of ether oxygens (including phenoxy) is 1. The molecule has 0 saturated carbocycles. The molecule has 0 amide bonds. The molecule has 1 heterocycles. The molecule has 0 radical (unpaired) electrons. The Morgan fingerprint density at radius 2 is 1.43 bits per heavy atom. The highest BCUT2D eigenvalue weighted by molar-refractivity contribution is 5.86. The second-order valence-corrected chi connectivity index (χ2v) is 11.2. The third kappa shape index (κ3) is 15.3. The molecule has 0 N–H and O–H groups in total. The molecule has 4 heteroatoms. The number of piperidine rings is 1. The quantitative estimate of drug-likeness (QED) is 0.0886. The minimum Gasteiger partial charge on any atom is -0.466 e. The zero-order chi connectivity index (χ0) is 30.3. The summed E-state index contributed by atoms with van der Waals surface area (Å²) in [5.41, 5.74) is 3.56. The van der Waals surface area contributed by atoms with Crippen LogP contribution in [0.1, 0.15) is 101 Å². The minimum atomic E-state index is -0.122. The average molecular weight is 574 g/mol. The number of ketones is 1. The predicted molar refractivity (Wildman–Crippen MR) is 178 cm³/mol. The van der Waals surface area contributed by atoms with E-state index in [2.05, 4.69) is 105 Å². The van der Waals surface area contributed by atoms with Crippen LogP contribution in [0.25, 0.3) is 0 Å². The topological polar surface area (TPSA) is 46.6 Å². The van der Waals surface area contributed by atoms with Crippen LogP contribution in [0.2, 0.25) is 0 Å². The van der Waals surface area contributed by atoms with Gasteiger partial charge in [0.25, 0.3) is 0 Å². The average Bonchev–Trinajstić information content (AvgIpc) is 2.99. The molecule has 4 nitrogen and oxygen atoms in total. The molecular weight excluding hydrogens is 518 g/mol. The van der Waals surface area contributed by atoms with E-state index in [0.717, 1.165) is 83.7 Å². The Bertz CT molecular complexity index is 1040. The zero-order valence-electron chi connectivity index (χ0n) is 26.6. The van der Waals surface area contributed by atoms with Gasteiger partial charge in [-0.05, 0) is 101 Å². The minimum absolute atomic E-state index is 0.0167. The maximum atomic E-state index is 13.2. The third-order valence-corrected chi connectivity index (χ3v) is 7.74. The van der Waals surface area contributed by atoms with Crippen molar-refractivity contribution in [2.24, 2.45) is 0 Å². The summed E-state index contributed by atoms with van der Waals surface area (Å²) < 4.78 is 5.49. The fourth-order valence-electron chi connectivity index (χ4n) is 5.30. The SMILES string of the molecule is CC/C=C\C/C=C\C/C=C\C/C=C\C/C=C\CCCC(=O)OCCCN1CCCCC1C(=O)Cc1c(C)cccc1C. The van der Waals surface area contributed by atoms with E-state index in [4.69, 9.17) is 4.74 Å². The molecule has 1 unspecified atom stereocenters. The number of rotatable bonds is 20. The first-order valence-corrected chi connectivity index (χ1v) is 16.2. The summed E-state index contributed by atoms with van der Waals surface area (Å²) in [5.74, 6) is 0.197. The van der Waals surface area contributed by atoms with Crippen LogP contribution in [-0.2, 0) is 20.7 Å². The molecule has 1 aliphatic heterocycles. The first kappa shape index (κ1) is 35.2. The highest BCUT2D eigenvalue weighted by atomic mass is 16.5. The molecule has 42 heavy (non-hydrogen) atoms. The number of unbranched alkanes of at least 4 members (excludes halogenated alkanes) is 1. The zero-order valence-corrected chi connectivity index (χ0v) is 26.6. The third-order valence-electron chi connectivity index (χ3n) is 7.74. The fourth-order valence-corrected chi connectivity index (χ4v) is 5.30. The molecule has 0 aromatic heterocycles. The molecule has 2 rings (SSSR count). The van der Waals surface area contributed by atoms with Gasteiger partial charge in [-0.1, -0.05) is 92.3 Å². The van der Waals surface area contributed by atoms with Gasteiger partial charge in [0.1, 0.15) is 0 Å². The lowest BCUT2D eigenvalue weighted by atomic mass is 9.91. The van der Waals surface area contributed by atoms with Gasteiger partial charge in [-0.3, -0.25) is 14.5 Å². The van der Waals surface area contributed by atoms with Crippen molar-refractivity contribution >= 4 is 11.8 Å². The number of carbonyl (C=O) groups excluding carboxylic acids is 2. The number of allylic oxidation sites excluding steroid dienone is 10. The van der Waals surface area contributed by atoms with Gasteiger partial charge in [-0.15, -0.1) is 0 Å². The maximum absolute atomic E-state index is 13.2. The van der Waals surface area contributed by atoms with Crippen LogP contribution in [0.15, 0.2) is 79.0 Å². The van der Waals surface area contributed by atoms with E-state index in [-0.39, 0.29) is 12.0 Å². The van der Waals surface area contributed by atoms with Gasteiger partial charge in [0.05, 0.1) is 12.6 Å². The van der Waals surface area contributed by atoms with E-state index >= 15 is 0 Å². The second kappa shape index (κ2) is 22.6. The molecule has 230 valence electrons. The van der Waals surface area contributed by atoms with Gasteiger partial charge in [-0.25, -0.2) is 0 Å². The predicted octanol–water partition coefficient (Wildman–Crippen LogP) is 9.12. The Balaban J connectivity index is 1.52. The standard InChI is InChI=1S/C38H55NO3/c1-4-5-6-7-8-9-10-11-12-13-14-15-16-17-18-19-20-28-38(41)42-31-24-30-39-29-22-21-27-36(39)37(40)32-35-33(2)25-23-26-34(35)3/h5-6,8-9,11-12,14-15,17-18,23,25-26,36H,4,7,10,13,16,19-22,24,27-32H2,1-3H3/b6-5-,9-8-,12-11-,15-14-,18-17-. The van der Waals surface area contributed by atoms with Crippen molar-refractivity contribution in [2.45, 2.75) is 110 Å². The second-order valence-electron chi connectivity index (χ2n) is 11.2. The van der Waals surface area contributed by atoms with Gasteiger partial charge in [0.15, 0.2) is 5.78 Å². The van der Waals surface area contributed by atoms with Gasteiger partial charge in [0.2, 0.25) is 0 Å². The summed E-state index contributed by atoms with van der Waals surface area (Å²) in [4.78, 5) is 27.7. The van der Waals surface area contributed by atoms with Crippen molar-refractivity contribution in [1.29, 1.82) is 0 Å². The normalized spacial score (nSPS) is 16.6. The molecule has 1 atom stereocenters. The van der Waals surface area contributed by atoms with Gasteiger partial charge in [-0.2, -0.15) is 0 Å². The summed E-state index contributed by atoms with van der Waals surface area (Å²) >= 11 is 0. The summed E-state index contributed by atoms with van der Waals surface area (Å²) in [6, 6.07) is 6.22. The van der Waals surface area contributed by atoms with Gasteiger partial charge < -0.3 is 4.74 Å². The Hall–Kier alpha value is -2.98. The van der Waals surface area contributed by atoms with Crippen LogP contribution < -0.4 is 0 Å². The van der Waals surface area contributed by atoms with Crippen LogP contribution in [0, 0.1) is 13.8 Å². The number of benzene rings is 1.